The van der Waals surface area contributed by atoms with Crippen LogP contribution in [-0.2, 0) is 40.6 Å². The Morgan fingerprint density at radius 2 is 1.56 bits per heavy atom. The molecule has 0 radical (unpaired) electrons. The second-order valence-corrected chi connectivity index (χ2v) is 13.9. The van der Waals surface area contributed by atoms with Crippen LogP contribution in [0.15, 0.2) is 78.0 Å². The van der Waals surface area contributed by atoms with Gasteiger partial charge in [-0.3, -0.25) is 28.8 Å². The molecule has 4 heterocycles. The van der Waals surface area contributed by atoms with Crippen LogP contribution in [0, 0.1) is 0 Å². The number of fused-ring (bicyclic) bond motifs is 2. The first-order valence-electron chi connectivity index (χ1n) is 18.6. The maximum atomic E-state index is 13.6. The number of hydrogen-bond donors (Lipinski definition) is 3. The lowest BCUT2D eigenvalue weighted by Crippen LogP contribution is -2.31. The van der Waals surface area contributed by atoms with Crippen LogP contribution in [0.1, 0.15) is 62.5 Å². The molecule has 2 aromatic carbocycles. The molecule has 17 heteroatoms. The van der Waals surface area contributed by atoms with Crippen LogP contribution in [0.4, 0.5) is 23.7 Å². The highest BCUT2D eigenvalue weighted by Crippen LogP contribution is 2.28. The SMILES string of the molecule is O=C(O)CCC(=O)CCC(=O)NCCCCCCn1cc2cc(-c3cc(-c4ccc(NC(=O)N5Cc6ccncc6C5)cc4)nn(CC(F)(F)F)c3=O)ccc2n1. The van der Waals surface area contributed by atoms with Crippen molar-refractivity contribution in [1.29, 1.82) is 0 Å². The molecule has 0 bridgehead atoms. The minimum absolute atomic E-state index is 0.0187. The first kappa shape index (κ1) is 40.3. The number of aryl methyl sites for hydroxylation is 1. The zero-order valence-corrected chi connectivity index (χ0v) is 30.9. The molecular formula is C40H41F3N8O6. The lowest BCUT2D eigenvalue weighted by atomic mass is 10.0. The molecular weight excluding hydrogens is 745 g/mol. The Hall–Kier alpha value is -6.39. The molecule has 6 rings (SSSR count). The van der Waals surface area contributed by atoms with Gasteiger partial charge in [0.1, 0.15) is 12.3 Å². The summed E-state index contributed by atoms with van der Waals surface area (Å²) in [5.41, 5.74) is 3.27. The Morgan fingerprint density at radius 3 is 2.32 bits per heavy atom. The minimum atomic E-state index is -4.70. The molecule has 298 valence electrons. The van der Waals surface area contributed by atoms with Gasteiger partial charge in [0.2, 0.25) is 5.91 Å². The van der Waals surface area contributed by atoms with Crippen molar-refractivity contribution in [3.8, 4) is 22.4 Å². The van der Waals surface area contributed by atoms with Gasteiger partial charge >= 0.3 is 18.2 Å². The van der Waals surface area contributed by atoms with Gasteiger partial charge in [-0.1, -0.05) is 31.0 Å². The molecule has 1 aliphatic heterocycles. The molecule has 14 nitrogen and oxygen atoms in total. The smallest absolute Gasteiger partial charge is 0.408 e. The Labute approximate surface area is 324 Å². The van der Waals surface area contributed by atoms with Crippen LogP contribution in [0.5, 0.6) is 0 Å². The number of aromatic nitrogens is 5. The summed E-state index contributed by atoms with van der Waals surface area (Å²) < 4.78 is 43.0. The monoisotopic (exact) mass is 786 g/mol. The van der Waals surface area contributed by atoms with Crippen LogP contribution in [0.2, 0.25) is 0 Å². The van der Waals surface area contributed by atoms with E-state index in [0.717, 1.165) is 36.8 Å². The summed E-state index contributed by atoms with van der Waals surface area (Å²) in [6.45, 7) is 0.367. The van der Waals surface area contributed by atoms with Crippen LogP contribution < -0.4 is 16.2 Å². The van der Waals surface area contributed by atoms with Gasteiger partial charge in [0.05, 0.1) is 23.2 Å². The number of nitrogens with one attached hydrogen (secondary N) is 2. The summed E-state index contributed by atoms with van der Waals surface area (Å²) in [5, 5.41) is 23.6. The predicted octanol–water partition coefficient (Wildman–Crippen LogP) is 6.32. The number of alkyl halides is 3. The van der Waals surface area contributed by atoms with Gasteiger partial charge < -0.3 is 20.6 Å². The quantitative estimate of drug-likeness (QED) is 0.0909. The van der Waals surface area contributed by atoms with Crippen LogP contribution in [0.25, 0.3) is 33.3 Å². The third-order valence-electron chi connectivity index (χ3n) is 9.50. The predicted molar refractivity (Wildman–Crippen MR) is 204 cm³/mol. The van der Waals surface area contributed by atoms with Crippen molar-refractivity contribution in [2.75, 3.05) is 11.9 Å². The highest BCUT2D eigenvalue weighted by molar-refractivity contribution is 5.90. The number of Topliss-reactive ketones (excluding diaryl/α,β-unsaturated/α-hetero) is 1. The summed E-state index contributed by atoms with van der Waals surface area (Å²) in [7, 11) is 0. The zero-order chi connectivity index (χ0) is 40.5. The van der Waals surface area contributed by atoms with E-state index in [4.69, 9.17) is 5.11 Å². The maximum Gasteiger partial charge on any atom is 0.408 e. The number of nitrogens with zero attached hydrogens (tertiary/aromatic N) is 6. The van der Waals surface area contributed by atoms with Crippen molar-refractivity contribution in [3.05, 3.63) is 94.7 Å². The second kappa shape index (κ2) is 18.0. The van der Waals surface area contributed by atoms with Crippen molar-refractivity contribution in [3.63, 3.8) is 0 Å². The number of pyridine rings is 1. The van der Waals surface area contributed by atoms with Gasteiger partial charge in [0.25, 0.3) is 5.56 Å². The third-order valence-corrected chi connectivity index (χ3v) is 9.50. The molecule has 3 amide bonds. The number of hydrogen-bond acceptors (Lipinski definition) is 8. The molecule has 3 aromatic heterocycles. The average molecular weight is 787 g/mol. The fraction of sp³-hybridized carbons (Fsp3) is 0.350. The van der Waals surface area contributed by atoms with Crippen LogP contribution in [-0.4, -0.2) is 71.0 Å². The normalized spacial score (nSPS) is 12.4. The molecule has 0 unspecified atom stereocenters. The molecule has 1 aliphatic rings. The highest BCUT2D eigenvalue weighted by atomic mass is 19.4. The van der Waals surface area contributed by atoms with Crippen LogP contribution in [0.3, 0.4) is 0 Å². The Bertz CT molecular complexity index is 2300. The van der Waals surface area contributed by atoms with Gasteiger partial charge in [-0.05, 0) is 65.9 Å². The van der Waals surface area contributed by atoms with E-state index >= 15 is 0 Å². The number of carboxylic acid groups (broad SMARTS) is 1. The fourth-order valence-electron chi connectivity index (χ4n) is 6.51. The summed E-state index contributed by atoms with van der Waals surface area (Å²) >= 11 is 0. The lowest BCUT2D eigenvalue weighted by Gasteiger charge is -2.17. The number of ketones is 1. The van der Waals surface area contributed by atoms with Gasteiger partial charge in [-0.25, -0.2) is 9.48 Å². The number of carboxylic acids is 1. The standard InChI is InChI=1S/C40H41F3N8O6/c41-40(42,43)25-51-38(56)33(20-35(48-51)26-5-8-31(9-6-26)46-39(57)49-22-28-15-17-44-21-30(28)23-49)27-7-12-34-29(19-27)24-50(47-34)18-4-2-1-3-16-45-36(53)13-10-32(52)11-14-37(54)55/h5-9,12,15,17,19-21,24H,1-4,10-11,13-14,16,18,22-23,25H2,(H,45,53)(H,46,57)(H,54,55). The largest absolute Gasteiger partial charge is 0.481 e. The van der Waals surface area contributed by atoms with Crippen molar-refractivity contribution >= 4 is 40.3 Å². The molecule has 0 atom stereocenters. The van der Waals surface area contributed by atoms with Gasteiger partial charge in [0.15, 0.2) is 0 Å². The summed E-state index contributed by atoms with van der Waals surface area (Å²) in [5.74, 6) is -1.55. The van der Waals surface area contributed by atoms with Gasteiger partial charge in [-0.2, -0.15) is 23.4 Å². The molecule has 0 saturated carbocycles. The number of rotatable bonds is 17. The number of carbonyl (C=O) groups excluding carboxylic acids is 3. The maximum absolute atomic E-state index is 13.6. The molecule has 0 fully saturated rings. The fourth-order valence-corrected chi connectivity index (χ4v) is 6.51. The summed E-state index contributed by atoms with van der Waals surface area (Å²) in [4.78, 5) is 66.3. The van der Waals surface area contributed by atoms with Crippen LogP contribution >= 0.6 is 0 Å². The van der Waals surface area contributed by atoms with E-state index in [0.29, 0.717) is 58.6 Å². The minimum Gasteiger partial charge on any atom is -0.481 e. The van der Waals surface area contributed by atoms with E-state index in [1.807, 2.05) is 12.3 Å². The molecule has 0 saturated heterocycles. The number of amides is 3. The van der Waals surface area contributed by atoms with Gasteiger partial charge in [-0.15, -0.1) is 0 Å². The zero-order valence-electron chi connectivity index (χ0n) is 30.9. The number of anilines is 1. The summed E-state index contributed by atoms with van der Waals surface area (Å²) in [6.07, 6.45) is 3.52. The topological polar surface area (TPSA) is 181 Å². The molecule has 5 aromatic rings. The molecule has 0 aliphatic carbocycles. The van der Waals surface area contributed by atoms with E-state index in [-0.39, 0.29) is 54.7 Å². The van der Waals surface area contributed by atoms with E-state index in [1.165, 1.54) is 6.07 Å². The first-order valence-corrected chi connectivity index (χ1v) is 18.6. The Kier molecular flexibility index (Phi) is 12.7. The van der Waals surface area contributed by atoms with E-state index in [9.17, 15) is 37.1 Å². The number of unbranched alkanes of at least 4 members (excludes halogenated alkanes) is 3. The number of benzene rings is 2. The Balaban J connectivity index is 1.06. The lowest BCUT2D eigenvalue weighted by molar-refractivity contribution is -0.143. The van der Waals surface area contributed by atoms with E-state index < -0.39 is 24.2 Å². The average Bonchev–Trinajstić information content (AvgIpc) is 3.80. The molecule has 0 spiro atoms. The van der Waals surface area contributed by atoms with Crippen molar-refractivity contribution in [2.24, 2.45) is 0 Å². The Morgan fingerprint density at radius 1 is 0.825 bits per heavy atom. The highest BCUT2D eigenvalue weighted by Gasteiger charge is 2.30. The summed E-state index contributed by atoms with van der Waals surface area (Å²) in [6, 6.07) is 14.6. The molecule has 57 heavy (non-hydrogen) atoms. The van der Waals surface area contributed by atoms with E-state index in [2.05, 4.69) is 25.8 Å². The number of aliphatic carboxylic acids is 1. The molecule has 3 N–H and O–H groups in total. The third kappa shape index (κ3) is 11.1. The van der Waals surface area contributed by atoms with Crippen molar-refractivity contribution < 1.29 is 37.5 Å². The number of halogens is 3. The number of carbonyl (C=O) groups is 4. The number of urea groups is 1. The van der Waals surface area contributed by atoms with Gasteiger partial charge in [0, 0.05) is 80.7 Å². The van der Waals surface area contributed by atoms with Crippen molar-refractivity contribution in [1.82, 2.24) is 34.8 Å². The first-order chi connectivity index (χ1) is 27.3. The van der Waals surface area contributed by atoms with Crippen molar-refractivity contribution in [2.45, 2.75) is 83.7 Å². The second-order valence-electron chi connectivity index (χ2n) is 13.9. The van der Waals surface area contributed by atoms with E-state index in [1.54, 1.807) is 64.4 Å².